The second-order valence-electron chi connectivity index (χ2n) is 8.20. The van der Waals surface area contributed by atoms with Crippen molar-refractivity contribution in [3.05, 3.63) is 60.0 Å². The van der Waals surface area contributed by atoms with E-state index in [1.54, 1.807) is 41.9 Å². The summed E-state index contributed by atoms with van der Waals surface area (Å²) in [4.78, 5) is 18.3. The highest BCUT2D eigenvalue weighted by Gasteiger charge is 2.32. The molecule has 0 saturated carbocycles. The van der Waals surface area contributed by atoms with E-state index in [9.17, 15) is 13.2 Å². The number of carbonyl (C=O) groups excluding carboxylic acids is 1. The van der Waals surface area contributed by atoms with Gasteiger partial charge in [0, 0.05) is 0 Å². The molecule has 9 nitrogen and oxygen atoms in total. The summed E-state index contributed by atoms with van der Waals surface area (Å²) in [6.45, 7) is 4.13. The quantitative estimate of drug-likeness (QED) is 0.443. The van der Waals surface area contributed by atoms with E-state index in [1.807, 2.05) is 19.1 Å². The van der Waals surface area contributed by atoms with Gasteiger partial charge >= 0.3 is 0 Å². The van der Waals surface area contributed by atoms with Crippen LogP contribution < -0.4 is 10.1 Å². The summed E-state index contributed by atoms with van der Waals surface area (Å²) in [6, 6.07) is 12.1. The Morgan fingerprint density at radius 3 is 2.79 bits per heavy atom. The lowest BCUT2D eigenvalue weighted by atomic mass is 10.1. The first-order valence-electron chi connectivity index (χ1n) is 11.0. The van der Waals surface area contributed by atoms with Crippen LogP contribution in [0.3, 0.4) is 0 Å². The monoisotopic (exact) mass is 480 g/mol. The third-order valence-electron chi connectivity index (χ3n) is 5.84. The number of anilines is 1. The Hall–Kier alpha value is -3.66. The van der Waals surface area contributed by atoms with Crippen LogP contribution >= 0.6 is 0 Å². The van der Waals surface area contributed by atoms with Gasteiger partial charge in [0.15, 0.2) is 21.2 Å². The standard InChI is InChI=1S/C24H24N4O5S/c1-3-32-20-8-5-4-7-18(20)26-24(29)17-13-19(21-9-6-11-33-21)25-23-22(17)15(2)27-28(23)16-10-12-34(30,31)14-16/h4-9,11,13,16H,3,10,12,14H2,1-2H3,(H,26,29). The molecular weight excluding hydrogens is 456 g/mol. The molecule has 0 aliphatic carbocycles. The largest absolute Gasteiger partial charge is 0.492 e. The van der Waals surface area contributed by atoms with Crippen LogP contribution in [0.2, 0.25) is 0 Å². The zero-order valence-electron chi connectivity index (χ0n) is 18.8. The molecule has 10 heteroatoms. The third-order valence-corrected chi connectivity index (χ3v) is 7.59. The molecular formula is C24H24N4O5S. The summed E-state index contributed by atoms with van der Waals surface area (Å²) >= 11 is 0. The number of sulfone groups is 1. The fourth-order valence-corrected chi connectivity index (χ4v) is 6.00. The number of benzene rings is 1. The lowest BCUT2D eigenvalue weighted by Crippen LogP contribution is -2.15. The molecule has 1 atom stereocenters. The van der Waals surface area contributed by atoms with E-state index in [0.29, 0.717) is 58.2 Å². The van der Waals surface area contributed by atoms with Crippen LogP contribution in [-0.4, -0.2) is 47.2 Å². The first-order chi connectivity index (χ1) is 16.4. The average Bonchev–Trinajstić information content (AvgIpc) is 3.54. The molecule has 1 N–H and O–H groups in total. The number of ether oxygens (including phenoxy) is 1. The van der Waals surface area contributed by atoms with Crippen LogP contribution in [0, 0.1) is 6.92 Å². The number of rotatable bonds is 6. The fourth-order valence-electron chi connectivity index (χ4n) is 4.31. The predicted octanol–water partition coefficient (Wildman–Crippen LogP) is 4.01. The zero-order chi connectivity index (χ0) is 23.9. The Balaban J connectivity index is 1.64. The number of hydrogen-bond acceptors (Lipinski definition) is 7. The topological polar surface area (TPSA) is 116 Å². The number of para-hydroxylation sites is 2. The van der Waals surface area contributed by atoms with Crippen LogP contribution in [0.4, 0.5) is 5.69 Å². The van der Waals surface area contributed by atoms with Crippen molar-refractivity contribution in [1.29, 1.82) is 0 Å². The molecule has 0 radical (unpaired) electrons. The van der Waals surface area contributed by atoms with Crippen molar-refractivity contribution in [2.75, 3.05) is 23.4 Å². The van der Waals surface area contributed by atoms with Crippen LogP contribution in [-0.2, 0) is 9.84 Å². The molecule has 176 valence electrons. The maximum Gasteiger partial charge on any atom is 0.256 e. The molecule has 0 bridgehead atoms. The van der Waals surface area contributed by atoms with Gasteiger partial charge in [-0.25, -0.2) is 18.1 Å². The van der Waals surface area contributed by atoms with Crippen LogP contribution in [0.1, 0.15) is 35.4 Å². The van der Waals surface area contributed by atoms with Gasteiger partial charge in [-0.15, -0.1) is 0 Å². The Morgan fingerprint density at radius 1 is 1.26 bits per heavy atom. The normalized spacial score (nSPS) is 17.2. The van der Waals surface area contributed by atoms with E-state index < -0.39 is 9.84 Å². The van der Waals surface area contributed by atoms with Gasteiger partial charge in [-0.2, -0.15) is 5.10 Å². The molecule has 4 heterocycles. The number of aromatic nitrogens is 3. The molecule has 34 heavy (non-hydrogen) atoms. The van der Waals surface area contributed by atoms with Crippen LogP contribution in [0.5, 0.6) is 5.75 Å². The summed E-state index contributed by atoms with van der Waals surface area (Å²) in [5.74, 6) is 0.819. The Morgan fingerprint density at radius 2 is 2.09 bits per heavy atom. The van der Waals surface area contributed by atoms with E-state index in [0.717, 1.165) is 0 Å². The minimum Gasteiger partial charge on any atom is -0.492 e. The molecule has 0 spiro atoms. The molecule has 1 unspecified atom stereocenters. The molecule has 1 aliphatic rings. The minimum atomic E-state index is -3.13. The number of nitrogens with one attached hydrogen (secondary N) is 1. The SMILES string of the molecule is CCOc1ccccc1NC(=O)c1cc(-c2ccco2)nc2c1c(C)nn2C1CCS(=O)(=O)C1. The van der Waals surface area contributed by atoms with Crippen molar-refractivity contribution in [3.8, 4) is 17.2 Å². The molecule has 1 aliphatic heterocycles. The van der Waals surface area contributed by atoms with Gasteiger partial charge in [0.1, 0.15) is 11.4 Å². The first kappa shape index (κ1) is 22.1. The second-order valence-corrected chi connectivity index (χ2v) is 10.4. The Kier molecular flexibility index (Phi) is 5.60. The highest BCUT2D eigenvalue weighted by Crippen LogP contribution is 2.33. The van der Waals surface area contributed by atoms with E-state index in [1.165, 1.54) is 6.26 Å². The number of pyridine rings is 1. The number of amides is 1. The highest BCUT2D eigenvalue weighted by molar-refractivity contribution is 7.91. The van der Waals surface area contributed by atoms with Gasteiger partial charge in [0.2, 0.25) is 0 Å². The third kappa shape index (κ3) is 4.05. The van der Waals surface area contributed by atoms with Crippen molar-refractivity contribution in [1.82, 2.24) is 14.8 Å². The van der Waals surface area contributed by atoms with Crippen LogP contribution in [0.15, 0.2) is 53.1 Å². The molecule has 3 aromatic heterocycles. The van der Waals surface area contributed by atoms with E-state index >= 15 is 0 Å². The van der Waals surface area contributed by atoms with Gasteiger partial charge in [-0.05, 0) is 50.6 Å². The van der Waals surface area contributed by atoms with Crippen molar-refractivity contribution < 1.29 is 22.4 Å². The van der Waals surface area contributed by atoms with Gasteiger partial charge in [0.05, 0.1) is 52.7 Å². The van der Waals surface area contributed by atoms with Crippen molar-refractivity contribution in [2.45, 2.75) is 26.3 Å². The Labute approximate surface area is 196 Å². The number of aryl methyl sites for hydroxylation is 1. The lowest BCUT2D eigenvalue weighted by Gasteiger charge is -2.13. The van der Waals surface area contributed by atoms with Gasteiger partial charge < -0.3 is 14.5 Å². The zero-order valence-corrected chi connectivity index (χ0v) is 19.6. The number of hydrogen-bond donors (Lipinski definition) is 1. The molecule has 1 amide bonds. The van der Waals surface area contributed by atoms with Gasteiger partial charge in [-0.3, -0.25) is 4.79 Å². The van der Waals surface area contributed by atoms with E-state index in [2.05, 4.69) is 10.4 Å². The summed E-state index contributed by atoms with van der Waals surface area (Å²) in [5, 5.41) is 8.13. The number of carbonyl (C=O) groups is 1. The predicted molar refractivity (Wildman–Crippen MR) is 128 cm³/mol. The second kappa shape index (κ2) is 8.60. The molecule has 1 saturated heterocycles. The summed E-state index contributed by atoms with van der Waals surface area (Å²) in [5.41, 5.74) is 2.43. The fraction of sp³-hybridized carbons (Fsp3) is 0.292. The van der Waals surface area contributed by atoms with Gasteiger partial charge in [0.25, 0.3) is 5.91 Å². The summed E-state index contributed by atoms with van der Waals surface area (Å²) < 4.78 is 37.1. The molecule has 1 fully saturated rings. The average molecular weight is 481 g/mol. The van der Waals surface area contributed by atoms with Crippen molar-refractivity contribution >= 4 is 32.5 Å². The van der Waals surface area contributed by atoms with Crippen molar-refractivity contribution in [3.63, 3.8) is 0 Å². The van der Waals surface area contributed by atoms with Crippen molar-refractivity contribution in [2.24, 2.45) is 0 Å². The van der Waals surface area contributed by atoms with E-state index in [4.69, 9.17) is 14.1 Å². The van der Waals surface area contributed by atoms with Crippen LogP contribution in [0.25, 0.3) is 22.5 Å². The molecule has 4 aromatic rings. The molecule has 1 aromatic carbocycles. The lowest BCUT2D eigenvalue weighted by molar-refractivity contribution is 0.102. The summed E-state index contributed by atoms with van der Waals surface area (Å²) in [6.07, 6.45) is 1.99. The number of furan rings is 1. The maximum atomic E-state index is 13.5. The molecule has 5 rings (SSSR count). The smallest absolute Gasteiger partial charge is 0.256 e. The highest BCUT2D eigenvalue weighted by atomic mass is 32.2. The number of nitrogens with zero attached hydrogens (tertiary/aromatic N) is 3. The van der Waals surface area contributed by atoms with E-state index in [-0.39, 0.29) is 23.5 Å². The maximum absolute atomic E-state index is 13.5. The summed E-state index contributed by atoms with van der Waals surface area (Å²) in [7, 11) is -3.13. The number of fused-ring (bicyclic) bond motifs is 1. The Bertz CT molecular complexity index is 1470. The minimum absolute atomic E-state index is 0.000852. The first-order valence-corrected chi connectivity index (χ1v) is 12.9. The van der Waals surface area contributed by atoms with Gasteiger partial charge in [-0.1, -0.05) is 12.1 Å².